The molecule has 1 aliphatic rings. The minimum atomic E-state index is -4.13. The van der Waals surface area contributed by atoms with E-state index in [0.717, 1.165) is 26.1 Å². The minimum absolute atomic E-state index is 0. The van der Waals surface area contributed by atoms with Crippen LogP contribution in [0.1, 0.15) is 32.6 Å². The van der Waals surface area contributed by atoms with Crippen LogP contribution in [0.25, 0.3) is 0 Å². The van der Waals surface area contributed by atoms with Crippen molar-refractivity contribution in [1.82, 2.24) is 15.5 Å². The molecule has 0 bridgehead atoms. The van der Waals surface area contributed by atoms with Crippen LogP contribution in [0, 0.1) is 0 Å². The number of alkyl halides is 3. The Hall–Kier alpha value is -0.250. The first kappa shape index (κ1) is 20.8. The van der Waals surface area contributed by atoms with Gasteiger partial charge in [-0.15, -0.1) is 24.0 Å². The summed E-state index contributed by atoms with van der Waals surface area (Å²) in [7, 11) is 1.57. The number of hydrogen-bond donors (Lipinski definition) is 2. The van der Waals surface area contributed by atoms with Crippen molar-refractivity contribution in [2.75, 3.05) is 33.2 Å². The Labute approximate surface area is 142 Å². The fourth-order valence-corrected chi connectivity index (χ4v) is 2.47. The summed E-state index contributed by atoms with van der Waals surface area (Å²) in [5, 5.41) is 5.82. The van der Waals surface area contributed by atoms with Gasteiger partial charge in [-0.1, -0.05) is 13.3 Å². The summed E-state index contributed by atoms with van der Waals surface area (Å²) in [5.41, 5.74) is 0. The van der Waals surface area contributed by atoms with Crippen molar-refractivity contribution in [2.24, 2.45) is 4.99 Å². The molecule has 0 amide bonds. The van der Waals surface area contributed by atoms with Crippen LogP contribution in [0.3, 0.4) is 0 Å². The standard InChI is InChI=1S/C13H25F3N4.HI/c1-3-20-9-5-4-6-11(20)10-19-12(17-2)18-8-7-13(14,15)16;/h11H,3-10H2,1-2H3,(H2,17,18,19);1H. The van der Waals surface area contributed by atoms with Gasteiger partial charge in [-0.2, -0.15) is 13.2 Å². The molecule has 0 aromatic rings. The molecule has 1 saturated heterocycles. The highest BCUT2D eigenvalue weighted by Crippen LogP contribution is 2.18. The molecule has 0 spiro atoms. The maximum absolute atomic E-state index is 12.1. The van der Waals surface area contributed by atoms with E-state index in [0.29, 0.717) is 12.0 Å². The van der Waals surface area contributed by atoms with Gasteiger partial charge in [0.05, 0.1) is 6.42 Å². The molecule has 21 heavy (non-hydrogen) atoms. The maximum Gasteiger partial charge on any atom is 0.390 e. The number of guanidine groups is 1. The second-order valence-electron chi connectivity index (χ2n) is 5.02. The van der Waals surface area contributed by atoms with Crippen molar-refractivity contribution in [3.05, 3.63) is 0 Å². The molecule has 0 aromatic carbocycles. The molecule has 4 nitrogen and oxygen atoms in total. The fraction of sp³-hybridized carbons (Fsp3) is 0.923. The summed E-state index contributed by atoms with van der Waals surface area (Å²) >= 11 is 0. The second-order valence-corrected chi connectivity index (χ2v) is 5.02. The van der Waals surface area contributed by atoms with E-state index in [1.165, 1.54) is 12.8 Å². The summed E-state index contributed by atoms with van der Waals surface area (Å²) in [6.45, 7) is 4.81. The molecule has 0 saturated carbocycles. The van der Waals surface area contributed by atoms with Gasteiger partial charge in [-0.05, 0) is 25.9 Å². The van der Waals surface area contributed by atoms with Gasteiger partial charge in [0.1, 0.15) is 0 Å². The fourth-order valence-electron chi connectivity index (χ4n) is 2.47. The van der Waals surface area contributed by atoms with Crippen LogP contribution in [-0.4, -0.2) is 56.3 Å². The molecular formula is C13H26F3IN4. The van der Waals surface area contributed by atoms with Crippen LogP contribution in [0.4, 0.5) is 13.2 Å². The van der Waals surface area contributed by atoms with E-state index < -0.39 is 12.6 Å². The highest BCUT2D eigenvalue weighted by Gasteiger charge is 2.26. The number of hydrogen-bond acceptors (Lipinski definition) is 2. The van der Waals surface area contributed by atoms with Crippen LogP contribution in [0.5, 0.6) is 0 Å². The molecule has 0 radical (unpaired) electrons. The van der Waals surface area contributed by atoms with Gasteiger partial charge in [0.2, 0.25) is 0 Å². The Kier molecular flexibility index (Phi) is 10.3. The molecule has 1 atom stereocenters. The van der Waals surface area contributed by atoms with Crippen molar-refractivity contribution in [2.45, 2.75) is 44.8 Å². The Morgan fingerprint density at radius 2 is 2.00 bits per heavy atom. The SMILES string of the molecule is CCN1CCCCC1CNC(=NC)NCCC(F)(F)F.I. The highest BCUT2D eigenvalue weighted by molar-refractivity contribution is 14.0. The molecular weight excluding hydrogens is 396 g/mol. The molecule has 1 aliphatic heterocycles. The van der Waals surface area contributed by atoms with Crippen molar-refractivity contribution < 1.29 is 13.2 Å². The van der Waals surface area contributed by atoms with Gasteiger partial charge in [0, 0.05) is 26.2 Å². The predicted molar refractivity (Wildman–Crippen MR) is 90.3 cm³/mol. The summed E-state index contributed by atoms with van der Waals surface area (Å²) in [4.78, 5) is 6.35. The van der Waals surface area contributed by atoms with Crippen LogP contribution in [0.15, 0.2) is 4.99 Å². The normalized spacial score (nSPS) is 20.8. The number of likely N-dealkylation sites (tertiary alicyclic amines) is 1. The van der Waals surface area contributed by atoms with Crippen LogP contribution in [-0.2, 0) is 0 Å². The van der Waals surface area contributed by atoms with Gasteiger partial charge in [-0.25, -0.2) is 0 Å². The third-order valence-electron chi connectivity index (χ3n) is 3.58. The predicted octanol–water partition coefficient (Wildman–Crippen LogP) is 2.60. The van der Waals surface area contributed by atoms with Crippen LogP contribution < -0.4 is 10.6 Å². The number of likely N-dealkylation sites (N-methyl/N-ethyl adjacent to an activating group) is 1. The Morgan fingerprint density at radius 1 is 1.29 bits per heavy atom. The maximum atomic E-state index is 12.1. The minimum Gasteiger partial charge on any atom is -0.356 e. The topological polar surface area (TPSA) is 39.7 Å². The number of halogens is 4. The Morgan fingerprint density at radius 3 is 2.57 bits per heavy atom. The highest BCUT2D eigenvalue weighted by atomic mass is 127. The Balaban J connectivity index is 0.00000400. The molecule has 1 heterocycles. The number of nitrogens with zero attached hydrogens (tertiary/aromatic N) is 2. The number of aliphatic imine (C=N–C) groups is 1. The monoisotopic (exact) mass is 422 g/mol. The molecule has 0 aromatic heterocycles. The molecule has 1 rings (SSSR count). The third kappa shape index (κ3) is 8.70. The van der Waals surface area contributed by atoms with Gasteiger partial charge in [0.25, 0.3) is 0 Å². The molecule has 126 valence electrons. The van der Waals surface area contributed by atoms with Crippen molar-refractivity contribution >= 4 is 29.9 Å². The van der Waals surface area contributed by atoms with E-state index in [9.17, 15) is 13.2 Å². The average Bonchev–Trinajstić information content (AvgIpc) is 2.41. The summed E-state index contributed by atoms with van der Waals surface area (Å²) in [5.74, 6) is 0.441. The number of rotatable bonds is 5. The number of piperidine rings is 1. The first-order chi connectivity index (χ1) is 9.46. The Bertz CT molecular complexity index is 310. The largest absolute Gasteiger partial charge is 0.390 e. The van der Waals surface area contributed by atoms with E-state index in [1.807, 2.05) is 0 Å². The number of nitrogens with one attached hydrogen (secondary N) is 2. The van der Waals surface area contributed by atoms with E-state index in [1.54, 1.807) is 7.05 Å². The van der Waals surface area contributed by atoms with Gasteiger partial charge < -0.3 is 10.6 Å². The van der Waals surface area contributed by atoms with E-state index in [4.69, 9.17) is 0 Å². The lowest BCUT2D eigenvalue weighted by Crippen LogP contribution is -2.49. The summed E-state index contributed by atoms with van der Waals surface area (Å²) in [6.07, 6.45) is -1.42. The lowest BCUT2D eigenvalue weighted by molar-refractivity contribution is -0.132. The molecule has 8 heteroatoms. The van der Waals surface area contributed by atoms with Gasteiger partial charge in [-0.3, -0.25) is 9.89 Å². The zero-order chi connectivity index (χ0) is 15.0. The summed E-state index contributed by atoms with van der Waals surface area (Å²) < 4.78 is 36.2. The van der Waals surface area contributed by atoms with E-state index in [2.05, 4.69) is 27.4 Å². The quantitative estimate of drug-likeness (QED) is 0.407. The second kappa shape index (κ2) is 10.5. The smallest absolute Gasteiger partial charge is 0.356 e. The molecule has 2 N–H and O–H groups in total. The van der Waals surface area contributed by atoms with E-state index in [-0.39, 0.29) is 30.5 Å². The lowest BCUT2D eigenvalue weighted by atomic mass is 10.0. The van der Waals surface area contributed by atoms with Gasteiger partial charge in [0.15, 0.2) is 5.96 Å². The van der Waals surface area contributed by atoms with Crippen LogP contribution in [0.2, 0.25) is 0 Å². The summed E-state index contributed by atoms with van der Waals surface area (Å²) in [6, 6.07) is 0.440. The zero-order valence-corrected chi connectivity index (χ0v) is 15.0. The van der Waals surface area contributed by atoms with Crippen molar-refractivity contribution in [3.8, 4) is 0 Å². The van der Waals surface area contributed by atoms with E-state index >= 15 is 0 Å². The first-order valence-electron chi connectivity index (χ1n) is 7.21. The average molecular weight is 422 g/mol. The first-order valence-corrected chi connectivity index (χ1v) is 7.21. The van der Waals surface area contributed by atoms with Gasteiger partial charge >= 0.3 is 6.18 Å². The molecule has 1 unspecified atom stereocenters. The van der Waals surface area contributed by atoms with Crippen molar-refractivity contribution in [1.29, 1.82) is 0 Å². The zero-order valence-electron chi connectivity index (χ0n) is 12.7. The van der Waals surface area contributed by atoms with Crippen LogP contribution >= 0.6 is 24.0 Å². The third-order valence-corrected chi connectivity index (χ3v) is 3.58. The van der Waals surface area contributed by atoms with Crippen molar-refractivity contribution in [3.63, 3.8) is 0 Å². The lowest BCUT2D eigenvalue weighted by Gasteiger charge is -2.35. The molecule has 1 fully saturated rings. The molecule has 0 aliphatic carbocycles.